The molecule has 0 aliphatic heterocycles. The lowest BCUT2D eigenvalue weighted by atomic mass is 9.81. The van der Waals surface area contributed by atoms with Crippen LogP contribution in [0.1, 0.15) is 33.1 Å². The van der Waals surface area contributed by atoms with Crippen LogP contribution in [-0.2, 0) is 19.1 Å². The van der Waals surface area contributed by atoms with Crippen molar-refractivity contribution >= 4 is 11.9 Å². The van der Waals surface area contributed by atoms with Gasteiger partial charge in [0.25, 0.3) is 0 Å². The van der Waals surface area contributed by atoms with Gasteiger partial charge in [0.1, 0.15) is 0 Å². The van der Waals surface area contributed by atoms with Crippen LogP contribution in [0, 0.1) is 17.3 Å². The van der Waals surface area contributed by atoms with Crippen molar-refractivity contribution in [3.8, 4) is 11.8 Å². The largest absolute Gasteiger partial charge is 0.468 e. The summed E-state index contributed by atoms with van der Waals surface area (Å²) in [5, 5.41) is 0. The van der Waals surface area contributed by atoms with Crippen molar-refractivity contribution in [2.75, 3.05) is 14.2 Å². The summed E-state index contributed by atoms with van der Waals surface area (Å²) >= 11 is 0. The van der Waals surface area contributed by atoms with Gasteiger partial charge in [0.2, 0.25) is 0 Å². The molecule has 0 N–H and O–H groups in total. The quantitative estimate of drug-likeness (QED) is 0.314. The maximum atomic E-state index is 11.9. The van der Waals surface area contributed by atoms with Crippen LogP contribution >= 0.6 is 0 Å². The fourth-order valence-electron chi connectivity index (χ4n) is 1.55. The van der Waals surface area contributed by atoms with Gasteiger partial charge < -0.3 is 9.47 Å². The van der Waals surface area contributed by atoms with Crippen LogP contribution in [0.15, 0.2) is 12.2 Å². The summed E-state index contributed by atoms with van der Waals surface area (Å²) in [6.07, 6.45) is 4.83. The highest BCUT2D eigenvalue weighted by molar-refractivity contribution is 6.00. The Balaban J connectivity index is 5.35. The Hall–Kier alpha value is -1.76. The Morgan fingerprint density at radius 3 is 2.11 bits per heavy atom. The van der Waals surface area contributed by atoms with Gasteiger partial charge in [0, 0.05) is 6.42 Å². The van der Waals surface area contributed by atoms with Crippen LogP contribution in [0.2, 0.25) is 0 Å². The maximum Gasteiger partial charge on any atom is 0.324 e. The van der Waals surface area contributed by atoms with Crippen molar-refractivity contribution < 1.29 is 19.1 Å². The van der Waals surface area contributed by atoms with Gasteiger partial charge in [0.05, 0.1) is 14.2 Å². The molecule has 0 aromatic heterocycles. The van der Waals surface area contributed by atoms with Crippen molar-refractivity contribution in [2.45, 2.75) is 33.1 Å². The van der Waals surface area contributed by atoms with E-state index in [-0.39, 0.29) is 12.8 Å². The number of carbonyl (C=O) groups is 2. The third kappa shape index (κ3) is 3.92. The molecule has 0 aliphatic rings. The van der Waals surface area contributed by atoms with Gasteiger partial charge in [-0.25, -0.2) is 0 Å². The van der Waals surface area contributed by atoms with E-state index in [1.807, 2.05) is 13.0 Å². The van der Waals surface area contributed by atoms with Gasteiger partial charge in [-0.1, -0.05) is 19.1 Å². The highest BCUT2D eigenvalue weighted by Crippen LogP contribution is 2.30. The molecule has 0 saturated heterocycles. The van der Waals surface area contributed by atoms with E-state index in [0.29, 0.717) is 0 Å². The molecule has 0 saturated carbocycles. The van der Waals surface area contributed by atoms with E-state index in [9.17, 15) is 9.59 Å². The molecule has 0 aromatic carbocycles. The minimum atomic E-state index is -1.36. The van der Waals surface area contributed by atoms with Crippen molar-refractivity contribution in [2.24, 2.45) is 5.41 Å². The predicted octanol–water partition coefficient (Wildman–Crippen LogP) is 2.09. The van der Waals surface area contributed by atoms with Crippen LogP contribution in [-0.4, -0.2) is 26.2 Å². The SMILES string of the molecule is CC#CCC(C/C=C\CC)(C(=O)OC)C(=O)OC. The molecule has 18 heavy (non-hydrogen) atoms. The number of hydrogen-bond acceptors (Lipinski definition) is 4. The van der Waals surface area contributed by atoms with E-state index in [4.69, 9.17) is 9.47 Å². The number of methoxy groups -OCH3 is 2. The lowest BCUT2D eigenvalue weighted by molar-refractivity contribution is -0.168. The van der Waals surface area contributed by atoms with Crippen molar-refractivity contribution in [1.29, 1.82) is 0 Å². The van der Waals surface area contributed by atoms with Gasteiger partial charge in [-0.15, -0.1) is 11.8 Å². The molecule has 0 amide bonds. The number of esters is 2. The smallest absolute Gasteiger partial charge is 0.324 e. The Kier molecular flexibility index (Phi) is 7.53. The third-order valence-corrected chi connectivity index (χ3v) is 2.59. The van der Waals surface area contributed by atoms with Gasteiger partial charge in [-0.05, 0) is 19.8 Å². The number of hydrogen-bond donors (Lipinski definition) is 0. The topological polar surface area (TPSA) is 52.6 Å². The summed E-state index contributed by atoms with van der Waals surface area (Å²) in [6, 6.07) is 0. The molecule has 4 heteroatoms. The van der Waals surface area contributed by atoms with Crippen LogP contribution in [0.25, 0.3) is 0 Å². The fourth-order valence-corrected chi connectivity index (χ4v) is 1.55. The predicted molar refractivity (Wildman–Crippen MR) is 68.6 cm³/mol. The lowest BCUT2D eigenvalue weighted by Crippen LogP contribution is -2.40. The molecule has 0 fully saturated rings. The van der Waals surface area contributed by atoms with E-state index < -0.39 is 17.4 Å². The normalized spacial score (nSPS) is 10.7. The number of rotatable bonds is 6. The Morgan fingerprint density at radius 1 is 1.17 bits per heavy atom. The highest BCUT2D eigenvalue weighted by Gasteiger charge is 2.46. The molecule has 0 unspecified atom stereocenters. The van der Waals surface area contributed by atoms with Gasteiger partial charge in [-0.3, -0.25) is 9.59 Å². The first-order valence-corrected chi connectivity index (χ1v) is 5.80. The second kappa shape index (κ2) is 8.35. The number of allylic oxidation sites excluding steroid dienone is 2. The zero-order valence-electron chi connectivity index (χ0n) is 11.4. The Labute approximate surface area is 108 Å². The van der Waals surface area contributed by atoms with E-state index >= 15 is 0 Å². The van der Waals surface area contributed by atoms with Crippen molar-refractivity contribution in [3.05, 3.63) is 12.2 Å². The molecule has 0 rings (SSSR count). The third-order valence-electron chi connectivity index (χ3n) is 2.59. The van der Waals surface area contributed by atoms with Crippen LogP contribution in [0.5, 0.6) is 0 Å². The van der Waals surface area contributed by atoms with Crippen molar-refractivity contribution in [3.63, 3.8) is 0 Å². The van der Waals surface area contributed by atoms with Gasteiger partial charge in [-0.2, -0.15) is 0 Å². The van der Waals surface area contributed by atoms with Crippen LogP contribution in [0.3, 0.4) is 0 Å². The van der Waals surface area contributed by atoms with E-state index in [0.717, 1.165) is 6.42 Å². The monoisotopic (exact) mass is 252 g/mol. The first-order valence-electron chi connectivity index (χ1n) is 5.80. The van der Waals surface area contributed by atoms with Gasteiger partial charge >= 0.3 is 11.9 Å². The molecule has 0 spiro atoms. The Morgan fingerprint density at radius 2 is 1.72 bits per heavy atom. The molecular weight excluding hydrogens is 232 g/mol. The standard InChI is InChI=1S/C14H20O4/c1-5-7-9-11-14(10-8-6-2,12(15)17-3)13(16)18-4/h7,9H,5,10-11H2,1-4H3/b9-7-. The fraction of sp³-hybridized carbons (Fsp3) is 0.571. The molecule has 0 aliphatic carbocycles. The van der Waals surface area contributed by atoms with Crippen LogP contribution < -0.4 is 0 Å². The molecule has 0 atom stereocenters. The molecule has 100 valence electrons. The summed E-state index contributed by atoms with van der Waals surface area (Å²) in [4.78, 5) is 23.8. The zero-order valence-corrected chi connectivity index (χ0v) is 11.4. The van der Waals surface area contributed by atoms with Gasteiger partial charge in [0.15, 0.2) is 5.41 Å². The summed E-state index contributed by atoms with van der Waals surface area (Å²) < 4.78 is 9.45. The average molecular weight is 252 g/mol. The number of ether oxygens (including phenoxy) is 2. The van der Waals surface area contributed by atoms with E-state index in [2.05, 4.69) is 11.8 Å². The average Bonchev–Trinajstić information content (AvgIpc) is 2.41. The summed E-state index contributed by atoms with van der Waals surface area (Å²) in [6.45, 7) is 3.63. The van der Waals surface area contributed by atoms with Crippen molar-refractivity contribution in [1.82, 2.24) is 0 Å². The lowest BCUT2D eigenvalue weighted by Gasteiger charge is -2.24. The minimum absolute atomic E-state index is 0.0941. The first kappa shape index (κ1) is 16.2. The van der Waals surface area contributed by atoms with Crippen LogP contribution in [0.4, 0.5) is 0 Å². The molecule has 0 radical (unpaired) electrons. The minimum Gasteiger partial charge on any atom is -0.468 e. The second-order valence-electron chi connectivity index (χ2n) is 3.75. The van der Waals surface area contributed by atoms with E-state index in [1.165, 1.54) is 14.2 Å². The summed E-state index contributed by atoms with van der Waals surface area (Å²) in [5.41, 5.74) is -1.36. The Bertz CT molecular complexity index is 355. The number of carbonyl (C=O) groups excluding carboxylic acids is 2. The molecule has 0 heterocycles. The summed E-state index contributed by atoms with van der Waals surface area (Å²) in [7, 11) is 2.51. The first-order chi connectivity index (χ1) is 8.58. The second-order valence-corrected chi connectivity index (χ2v) is 3.75. The van der Waals surface area contributed by atoms with E-state index in [1.54, 1.807) is 13.0 Å². The molecule has 0 bridgehead atoms. The summed E-state index contributed by atoms with van der Waals surface area (Å²) in [5.74, 6) is 4.22. The molecular formula is C14H20O4. The highest BCUT2D eigenvalue weighted by atomic mass is 16.5. The maximum absolute atomic E-state index is 11.9. The zero-order chi connectivity index (χ0) is 14.0. The molecule has 0 aromatic rings. The molecule has 4 nitrogen and oxygen atoms in total.